The van der Waals surface area contributed by atoms with E-state index in [1.165, 1.54) is 29.2 Å². The number of rotatable bonds is 6. The topological polar surface area (TPSA) is 84.0 Å². The van der Waals surface area contributed by atoms with E-state index in [0.29, 0.717) is 4.34 Å². The van der Waals surface area contributed by atoms with Crippen LogP contribution in [0, 0.1) is 18.6 Å². The Balaban J connectivity index is 1.73. The Kier molecular flexibility index (Phi) is 5.99. The molecule has 1 aromatic heterocycles. The van der Waals surface area contributed by atoms with Gasteiger partial charge in [0.2, 0.25) is 11.8 Å². The molecule has 23 heavy (non-hydrogen) atoms. The second kappa shape index (κ2) is 7.97. The second-order valence-electron chi connectivity index (χ2n) is 4.33. The van der Waals surface area contributed by atoms with Crippen molar-refractivity contribution in [3.63, 3.8) is 0 Å². The maximum Gasteiger partial charge on any atom is 0.243 e. The number of benzene rings is 1. The number of halogens is 2. The van der Waals surface area contributed by atoms with Crippen molar-refractivity contribution in [3.8, 4) is 0 Å². The first kappa shape index (κ1) is 17.3. The van der Waals surface area contributed by atoms with Gasteiger partial charge in [0.05, 0.1) is 12.3 Å². The summed E-state index contributed by atoms with van der Waals surface area (Å²) in [5.74, 6) is -2.84. The fourth-order valence-electron chi connectivity index (χ4n) is 1.47. The van der Waals surface area contributed by atoms with Gasteiger partial charge in [-0.15, -0.1) is 10.2 Å². The number of aromatic nitrogens is 2. The Bertz CT molecular complexity index is 724. The fourth-order valence-corrected chi connectivity index (χ4v) is 3.12. The van der Waals surface area contributed by atoms with Gasteiger partial charge >= 0.3 is 0 Å². The number of hydrogen-bond acceptors (Lipinski definition) is 6. The molecule has 0 aliphatic carbocycles. The van der Waals surface area contributed by atoms with Crippen LogP contribution in [0.15, 0.2) is 22.5 Å². The van der Waals surface area contributed by atoms with Crippen molar-refractivity contribution in [3.05, 3.63) is 34.8 Å². The number of carbonyl (C=O) groups excluding carboxylic acids is 2. The molecule has 0 saturated carbocycles. The maximum atomic E-state index is 13.0. The van der Waals surface area contributed by atoms with Crippen LogP contribution in [-0.2, 0) is 9.59 Å². The van der Waals surface area contributed by atoms with Gasteiger partial charge in [-0.2, -0.15) is 0 Å². The molecular formula is C13H12F2N4O2S2. The Morgan fingerprint density at radius 2 is 2.00 bits per heavy atom. The number of nitrogens with zero attached hydrogens (tertiary/aromatic N) is 2. The third-order valence-electron chi connectivity index (χ3n) is 2.48. The Morgan fingerprint density at radius 3 is 2.65 bits per heavy atom. The van der Waals surface area contributed by atoms with E-state index in [2.05, 4.69) is 20.8 Å². The molecule has 0 aliphatic rings. The molecule has 0 atom stereocenters. The lowest BCUT2D eigenvalue weighted by atomic mass is 10.3. The molecule has 0 aliphatic heterocycles. The van der Waals surface area contributed by atoms with Crippen LogP contribution in [0.25, 0.3) is 0 Å². The SMILES string of the molecule is Cc1nnc(SCC(=O)NCC(=O)Nc2ccc(F)c(F)c2)s1. The van der Waals surface area contributed by atoms with Gasteiger partial charge in [0, 0.05) is 11.8 Å². The summed E-state index contributed by atoms with van der Waals surface area (Å²) in [6.07, 6.45) is 0. The Labute approximate surface area is 138 Å². The highest BCUT2D eigenvalue weighted by molar-refractivity contribution is 8.01. The van der Waals surface area contributed by atoms with Crippen molar-refractivity contribution in [1.82, 2.24) is 15.5 Å². The number of aryl methyl sites for hydroxylation is 1. The average molecular weight is 358 g/mol. The van der Waals surface area contributed by atoms with Crippen molar-refractivity contribution in [2.75, 3.05) is 17.6 Å². The van der Waals surface area contributed by atoms with Gasteiger partial charge in [-0.1, -0.05) is 23.1 Å². The van der Waals surface area contributed by atoms with Gasteiger partial charge in [0.1, 0.15) is 5.01 Å². The lowest BCUT2D eigenvalue weighted by Crippen LogP contribution is -2.33. The first-order chi connectivity index (χ1) is 10.9. The molecule has 0 radical (unpaired) electrons. The number of hydrogen-bond donors (Lipinski definition) is 2. The zero-order valence-electron chi connectivity index (χ0n) is 11.9. The zero-order chi connectivity index (χ0) is 16.8. The predicted molar refractivity (Wildman–Crippen MR) is 83.4 cm³/mol. The van der Waals surface area contributed by atoms with E-state index in [4.69, 9.17) is 0 Å². The summed E-state index contributed by atoms with van der Waals surface area (Å²) in [6.45, 7) is 1.54. The monoisotopic (exact) mass is 358 g/mol. The van der Waals surface area contributed by atoms with Crippen LogP contribution in [0.3, 0.4) is 0 Å². The largest absolute Gasteiger partial charge is 0.346 e. The quantitative estimate of drug-likeness (QED) is 0.772. The summed E-state index contributed by atoms with van der Waals surface area (Å²) >= 11 is 2.59. The standard InChI is InChI=1S/C13H12F2N4O2S2/c1-7-18-19-13(23-7)22-6-12(21)16-5-11(20)17-8-2-3-9(14)10(15)4-8/h2-4H,5-6H2,1H3,(H,16,21)(H,17,20). The molecule has 6 nitrogen and oxygen atoms in total. The van der Waals surface area contributed by atoms with Gasteiger partial charge < -0.3 is 10.6 Å². The third-order valence-corrected chi connectivity index (χ3v) is 4.46. The van der Waals surface area contributed by atoms with Gasteiger partial charge in [0.15, 0.2) is 16.0 Å². The first-order valence-corrected chi connectivity index (χ1v) is 8.19. The van der Waals surface area contributed by atoms with Crippen LogP contribution in [0.4, 0.5) is 14.5 Å². The van der Waals surface area contributed by atoms with Crippen LogP contribution in [0.2, 0.25) is 0 Å². The van der Waals surface area contributed by atoms with Crippen molar-refractivity contribution < 1.29 is 18.4 Å². The highest BCUT2D eigenvalue weighted by Crippen LogP contribution is 2.21. The molecule has 2 rings (SSSR count). The molecule has 2 aromatic rings. The van der Waals surface area contributed by atoms with E-state index in [-0.39, 0.29) is 23.9 Å². The molecule has 2 N–H and O–H groups in total. The molecule has 122 valence electrons. The zero-order valence-corrected chi connectivity index (χ0v) is 13.6. The minimum atomic E-state index is -1.06. The molecule has 1 aromatic carbocycles. The summed E-state index contributed by atoms with van der Waals surface area (Å²) < 4.78 is 26.4. The number of anilines is 1. The van der Waals surface area contributed by atoms with Crippen molar-refractivity contribution in [1.29, 1.82) is 0 Å². The lowest BCUT2D eigenvalue weighted by molar-refractivity contribution is -0.122. The fraction of sp³-hybridized carbons (Fsp3) is 0.231. The van der Waals surface area contributed by atoms with Crippen LogP contribution in [-0.4, -0.2) is 34.3 Å². The summed E-state index contributed by atoms with van der Waals surface area (Å²) in [4.78, 5) is 23.2. The minimum Gasteiger partial charge on any atom is -0.346 e. The van der Waals surface area contributed by atoms with Crippen molar-refractivity contribution in [2.24, 2.45) is 0 Å². The molecule has 0 bridgehead atoms. The molecular weight excluding hydrogens is 346 g/mol. The molecule has 0 spiro atoms. The van der Waals surface area contributed by atoms with Gasteiger partial charge in [0.25, 0.3) is 0 Å². The first-order valence-electron chi connectivity index (χ1n) is 6.38. The van der Waals surface area contributed by atoms with Gasteiger partial charge in [-0.3, -0.25) is 9.59 Å². The van der Waals surface area contributed by atoms with E-state index in [1.807, 2.05) is 6.92 Å². The molecule has 2 amide bonds. The predicted octanol–water partition coefficient (Wildman–Crippen LogP) is 1.97. The normalized spacial score (nSPS) is 10.4. The number of nitrogens with one attached hydrogen (secondary N) is 2. The van der Waals surface area contributed by atoms with Crippen LogP contribution >= 0.6 is 23.1 Å². The lowest BCUT2D eigenvalue weighted by Gasteiger charge is -2.07. The van der Waals surface area contributed by atoms with E-state index in [0.717, 1.165) is 17.1 Å². The average Bonchev–Trinajstić information content (AvgIpc) is 2.92. The van der Waals surface area contributed by atoms with E-state index < -0.39 is 17.5 Å². The number of thioether (sulfide) groups is 1. The summed E-state index contributed by atoms with van der Waals surface area (Å²) in [5, 5.41) is 13.3. The Hall–Kier alpha value is -2.07. The van der Waals surface area contributed by atoms with E-state index in [9.17, 15) is 18.4 Å². The van der Waals surface area contributed by atoms with Gasteiger partial charge in [-0.25, -0.2) is 8.78 Å². The van der Waals surface area contributed by atoms with Crippen LogP contribution in [0.5, 0.6) is 0 Å². The highest BCUT2D eigenvalue weighted by Gasteiger charge is 2.10. The smallest absolute Gasteiger partial charge is 0.243 e. The third kappa shape index (κ3) is 5.57. The second-order valence-corrected chi connectivity index (χ2v) is 6.73. The maximum absolute atomic E-state index is 13.0. The summed E-state index contributed by atoms with van der Waals surface area (Å²) in [5.41, 5.74) is 0.113. The molecule has 1 heterocycles. The van der Waals surface area contributed by atoms with Gasteiger partial charge in [-0.05, 0) is 19.1 Å². The number of carbonyl (C=O) groups is 2. The number of amides is 2. The summed E-state index contributed by atoms with van der Waals surface area (Å²) in [6, 6.07) is 3.00. The van der Waals surface area contributed by atoms with Crippen LogP contribution in [0.1, 0.15) is 5.01 Å². The van der Waals surface area contributed by atoms with Crippen molar-refractivity contribution >= 4 is 40.6 Å². The molecule has 0 saturated heterocycles. The highest BCUT2D eigenvalue weighted by atomic mass is 32.2. The molecule has 0 fully saturated rings. The minimum absolute atomic E-state index is 0.104. The Morgan fingerprint density at radius 1 is 1.22 bits per heavy atom. The molecule has 0 unspecified atom stereocenters. The van der Waals surface area contributed by atoms with Crippen molar-refractivity contribution in [2.45, 2.75) is 11.3 Å². The molecule has 10 heteroatoms. The van der Waals surface area contributed by atoms with E-state index >= 15 is 0 Å². The van der Waals surface area contributed by atoms with Crippen LogP contribution < -0.4 is 10.6 Å². The van der Waals surface area contributed by atoms with E-state index in [1.54, 1.807) is 0 Å². The summed E-state index contributed by atoms with van der Waals surface area (Å²) in [7, 11) is 0.